The first-order chi connectivity index (χ1) is 57.0. The van der Waals surface area contributed by atoms with E-state index >= 15 is 0 Å². The molecular formula is C109H70N2O4. The van der Waals surface area contributed by atoms with Crippen molar-refractivity contribution in [3.8, 4) is 157 Å². The zero-order valence-electron chi connectivity index (χ0n) is 62.5. The molecule has 115 heavy (non-hydrogen) atoms. The Labute approximate surface area is 667 Å². The first-order valence-corrected chi connectivity index (χ1v) is 39.2. The maximum atomic E-state index is 6.84. The van der Waals surface area contributed by atoms with Gasteiger partial charge in [-0.1, -0.05) is 291 Å². The van der Waals surface area contributed by atoms with Crippen molar-refractivity contribution in [2.75, 3.05) is 9.80 Å². The summed E-state index contributed by atoms with van der Waals surface area (Å²) in [6.07, 6.45) is 1.01. The number of furan rings is 1. The van der Waals surface area contributed by atoms with Gasteiger partial charge in [0.05, 0.1) is 0 Å². The Kier molecular flexibility index (Phi) is 16.2. The Morgan fingerprint density at radius 1 is 0.174 bits per heavy atom. The molecule has 0 saturated heterocycles. The number of fused-ring (bicyclic) bond motifs is 21. The molecule has 18 aromatic carbocycles. The summed E-state index contributed by atoms with van der Waals surface area (Å²) in [6.45, 7) is 0. The quantitative estimate of drug-likeness (QED) is 0.136. The molecule has 1 aromatic heterocycles. The summed E-state index contributed by atoms with van der Waals surface area (Å²) in [5.74, 6) is 5.11. The van der Waals surface area contributed by atoms with Crippen molar-refractivity contribution in [3.05, 3.63) is 424 Å². The van der Waals surface area contributed by atoms with Crippen molar-refractivity contribution in [3.63, 3.8) is 0 Å². The molecule has 3 aliphatic heterocycles. The lowest BCUT2D eigenvalue weighted by atomic mass is 9.92. The van der Waals surface area contributed by atoms with Crippen LogP contribution in [0.4, 0.5) is 34.1 Å². The van der Waals surface area contributed by atoms with Crippen LogP contribution in [0.2, 0.25) is 0 Å². The van der Waals surface area contributed by atoms with E-state index in [0.29, 0.717) is 0 Å². The summed E-state index contributed by atoms with van der Waals surface area (Å²) in [5.41, 5.74) is 36.2. The van der Waals surface area contributed by atoms with Crippen molar-refractivity contribution in [1.29, 1.82) is 0 Å². The molecule has 0 saturated carbocycles. The topological polar surface area (TPSA) is 47.3 Å². The van der Waals surface area contributed by atoms with Gasteiger partial charge in [0.2, 0.25) is 0 Å². The van der Waals surface area contributed by atoms with Gasteiger partial charge in [-0.3, -0.25) is 0 Å². The lowest BCUT2D eigenvalue weighted by Gasteiger charge is -2.27. The van der Waals surface area contributed by atoms with Crippen molar-refractivity contribution in [1.82, 2.24) is 0 Å². The monoisotopic (exact) mass is 1470 g/mol. The van der Waals surface area contributed by atoms with Gasteiger partial charge in [-0.15, -0.1) is 0 Å². The number of hydrogen-bond donors (Lipinski definition) is 0. The fourth-order valence-corrected chi connectivity index (χ4v) is 17.5. The molecule has 6 heteroatoms. The van der Waals surface area contributed by atoms with E-state index in [-0.39, 0.29) is 0 Å². The van der Waals surface area contributed by atoms with Gasteiger partial charge in [-0.25, -0.2) is 0 Å². The van der Waals surface area contributed by atoms with E-state index in [2.05, 4.69) is 368 Å². The van der Waals surface area contributed by atoms with Crippen LogP contribution in [0.15, 0.2) is 417 Å². The van der Waals surface area contributed by atoms with Crippen LogP contribution in [-0.4, -0.2) is 0 Å². The van der Waals surface area contributed by atoms with Gasteiger partial charge in [0.1, 0.15) is 45.7 Å². The minimum absolute atomic E-state index is 0.836. The number of ether oxygens (including phenoxy) is 3. The van der Waals surface area contributed by atoms with Crippen molar-refractivity contribution >= 4 is 56.1 Å². The summed E-state index contributed by atoms with van der Waals surface area (Å²) < 4.78 is 26.2. The van der Waals surface area contributed by atoms with E-state index in [1.54, 1.807) is 0 Å². The van der Waals surface area contributed by atoms with E-state index in [1.165, 1.54) is 61.2 Å². The standard InChI is InChI=1S/C55H37NO.C54H33NO3/c1-2-10-37(11-3-1)39-24-28-45(29-25-39)56(47-32-33-49-50-14-6-8-16-54(50)57-55-17-9-7-15-51(55)53(49)36-47)46-30-26-40(27-31-46)38-18-20-41(21-19-38)42-22-23-44-34-43-12-4-5-13-48(43)52(44)35-42;1-2-13-40-39(12-1)42-14-4-10-23-52(42)58-54-38(18-11-19-46(40)54)34-24-26-35(27-25-34)55(37-29-31-53-48(33-37)45-17-6-9-22-51(45)57-53)36-28-30-41-43-15-3-7-20-49(43)56-50-21-8-5-16-44(50)47(41)32-36/h1-33,35-36H,34H2;1-33H. The van der Waals surface area contributed by atoms with Crippen molar-refractivity contribution in [2.45, 2.75) is 6.42 Å². The van der Waals surface area contributed by atoms with Crippen LogP contribution < -0.4 is 24.0 Å². The first kappa shape index (κ1) is 66.7. The second-order valence-corrected chi connectivity index (χ2v) is 29.7. The zero-order valence-corrected chi connectivity index (χ0v) is 62.5. The largest absolute Gasteiger partial charge is 0.456 e. The molecule has 6 nitrogen and oxygen atoms in total. The molecule has 1 aliphatic carbocycles. The third-order valence-electron chi connectivity index (χ3n) is 23.1. The predicted molar refractivity (Wildman–Crippen MR) is 472 cm³/mol. The molecule has 0 bridgehead atoms. The highest BCUT2D eigenvalue weighted by atomic mass is 16.5. The number of benzene rings is 18. The van der Waals surface area contributed by atoms with Crippen molar-refractivity contribution < 1.29 is 18.6 Å². The molecule has 4 aliphatic rings. The Morgan fingerprint density at radius 3 is 1.08 bits per heavy atom. The molecule has 23 rings (SSSR count). The van der Waals surface area contributed by atoms with Crippen LogP contribution in [0.1, 0.15) is 11.1 Å². The van der Waals surface area contributed by atoms with E-state index in [0.717, 1.165) is 169 Å². The molecule has 4 heterocycles. The van der Waals surface area contributed by atoms with Crippen LogP contribution in [0.5, 0.6) is 34.5 Å². The Morgan fingerprint density at radius 2 is 0.522 bits per heavy atom. The molecule has 0 atom stereocenters. The molecule has 0 spiro atoms. The van der Waals surface area contributed by atoms with E-state index in [4.69, 9.17) is 18.6 Å². The van der Waals surface area contributed by atoms with Crippen LogP contribution >= 0.6 is 0 Å². The minimum atomic E-state index is 0.836. The number of rotatable bonds is 10. The average Bonchev–Trinajstić information content (AvgIpc) is 1.73. The summed E-state index contributed by atoms with van der Waals surface area (Å²) in [5, 5.41) is 2.16. The van der Waals surface area contributed by atoms with Crippen LogP contribution in [0.3, 0.4) is 0 Å². The van der Waals surface area contributed by atoms with E-state index in [9.17, 15) is 0 Å². The average molecular weight is 1470 g/mol. The van der Waals surface area contributed by atoms with E-state index in [1.807, 2.05) is 54.6 Å². The minimum Gasteiger partial charge on any atom is -0.456 e. The van der Waals surface area contributed by atoms with Crippen LogP contribution in [0, 0.1) is 0 Å². The van der Waals surface area contributed by atoms with Crippen LogP contribution in [-0.2, 0) is 6.42 Å². The van der Waals surface area contributed by atoms with E-state index < -0.39 is 0 Å². The maximum absolute atomic E-state index is 6.84. The fourth-order valence-electron chi connectivity index (χ4n) is 17.5. The number of para-hydroxylation sites is 7. The number of nitrogens with zero attached hydrogens (tertiary/aromatic N) is 2. The molecule has 540 valence electrons. The molecular weight excluding hydrogens is 1400 g/mol. The second-order valence-electron chi connectivity index (χ2n) is 29.7. The third-order valence-corrected chi connectivity index (χ3v) is 23.1. The maximum Gasteiger partial charge on any atom is 0.143 e. The fraction of sp³-hybridized carbons (Fsp3) is 0.00917. The molecule has 0 unspecified atom stereocenters. The normalized spacial score (nSPS) is 12.0. The van der Waals surface area contributed by atoms with Gasteiger partial charge in [0.25, 0.3) is 0 Å². The van der Waals surface area contributed by atoms with Gasteiger partial charge in [-0.2, -0.15) is 0 Å². The lowest BCUT2D eigenvalue weighted by molar-refractivity contribution is 0.487. The predicted octanol–water partition coefficient (Wildman–Crippen LogP) is 30.8. The summed E-state index contributed by atoms with van der Waals surface area (Å²) >= 11 is 0. The summed E-state index contributed by atoms with van der Waals surface area (Å²) in [6, 6.07) is 147. The highest BCUT2D eigenvalue weighted by molar-refractivity contribution is 6.07. The SMILES string of the molecule is c1ccc(-c2ccc(N(c3ccc(-c4ccc(-c5ccc6c(c5)-c5ccccc5C6)cc4)cc3)c3ccc4c(c3)-c3ccccc3Oc3ccccc3-4)cc2)cc1.c1ccc2c(c1)Oc1ccccc1-c1cc(N(c3ccc(-c4cccc5c4Oc4ccccc4-c4ccccc4-5)cc3)c3ccc4oc5ccccc5c4c3)ccc1-2. The van der Waals surface area contributed by atoms with Gasteiger partial charge in [0, 0.05) is 83.8 Å². The van der Waals surface area contributed by atoms with Crippen molar-refractivity contribution in [2.24, 2.45) is 0 Å². The third kappa shape index (κ3) is 11.9. The van der Waals surface area contributed by atoms with Gasteiger partial charge in [0.15, 0.2) is 0 Å². The lowest BCUT2D eigenvalue weighted by Crippen LogP contribution is -2.10. The highest BCUT2D eigenvalue weighted by Gasteiger charge is 2.29. The molecule has 0 N–H and O–H groups in total. The summed E-state index contributed by atoms with van der Waals surface area (Å²) in [4.78, 5) is 4.69. The molecule has 0 fully saturated rings. The van der Waals surface area contributed by atoms with Crippen LogP contribution in [0.25, 0.3) is 144 Å². The summed E-state index contributed by atoms with van der Waals surface area (Å²) in [7, 11) is 0. The Hall–Kier alpha value is -15.2. The zero-order chi connectivity index (χ0) is 75.9. The van der Waals surface area contributed by atoms with Gasteiger partial charge >= 0.3 is 0 Å². The molecule has 0 amide bonds. The molecule has 19 aromatic rings. The Bertz CT molecular complexity index is 7020. The van der Waals surface area contributed by atoms with Gasteiger partial charge < -0.3 is 28.4 Å². The second kappa shape index (κ2) is 28.0. The number of hydrogen-bond acceptors (Lipinski definition) is 6. The van der Waals surface area contributed by atoms with Gasteiger partial charge in [-0.05, 0) is 222 Å². The highest BCUT2D eigenvalue weighted by Crippen LogP contribution is 2.55. The smallest absolute Gasteiger partial charge is 0.143 e. The molecule has 0 radical (unpaired) electrons. The number of anilines is 6. The first-order valence-electron chi connectivity index (χ1n) is 39.2. The Balaban J connectivity index is 0.000000140.